The van der Waals surface area contributed by atoms with Crippen LogP contribution in [0.25, 0.3) is 0 Å². The van der Waals surface area contributed by atoms with Crippen molar-refractivity contribution < 1.29 is 14.7 Å². The highest BCUT2D eigenvalue weighted by molar-refractivity contribution is 6.29. The zero-order chi connectivity index (χ0) is 13.7. The second-order valence-corrected chi connectivity index (χ2v) is 4.58. The molecule has 18 heavy (non-hydrogen) atoms. The Balaban J connectivity index is 2.87. The van der Waals surface area contributed by atoms with Gasteiger partial charge in [-0.15, -0.1) is 0 Å². The number of hydrogen-bond acceptors (Lipinski definition) is 4. The Morgan fingerprint density at radius 3 is 2.50 bits per heavy atom. The van der Waals surface area contributed by atoms with E-state index in [0.29, 0.717) is 6.54 Å². The van der Waals surface area contributed by atoms with Crippen molar-refractivity contribution in [1.29, 1.82) is 0 Å². The molecule has 1 rings (SSSR count). The molecule has 0 aliphatic rings. The van der Waals surface area contributed by atoms with Crippen molar-refractivity contribution in [2.24, 2.45) is 5.92 Å². The summed E-state index contributed by atoms with van der Waals surface area (Å²) in [5.74, 6) is -1.37. The molecule has 0 aromatic carbocycles. The van der Waals surface area contributed by atoms with Crippen molar-refractivity contribution in [2.45, 2.75) is 13.8 Å². The lowest BCUT2D eigenvalue weighted by Gasteiger charge is -2.22. The van der Waals surface area contributed by atoms with Gasteiger partial charge in [-0.3, -0.25) is 9.59 Å². The van der Waals surface area contributed by atoms with E-state index in [-0.39, 0.29) is 23.3 Å². The van der Waals surface area contributed by atoms with E-state index in [1.54, 1.807) is 0 Å². The molecule has 1 aromatic rings. The maximum absolute atomic E-state index is 12.0. The van der Waals surface area contributed by atoms with Crippen LogP contribution in [0.5, 0.6) is 0 Å². The fourth-order valence-corrected chi connectivity index (χ4v) is 1.51. The molecule has 0 saturated carbocycles. The highest BCUT2D eigenvalue weighted by atomic mass is 35.5. The van der Waals surface area contributed by atoms with Crippen LogP contribution in [0.1, 0.15) is 24.3 Å². The molecular weight excluding hydrogens is 258 g/mol. The van der Waals surface area contributed by atoms with Crippen LogP contribution >= 0.6 is 11.6 Å². The molecular formula is C11H14ClN3O3. The van der Waals surface area contributed by atoms with E-state index in [4.69, 9.17) is 16.7 Å². The van der Waals surface area contributed by atoms with Crippen LogP contribution < -0.4 is 0 Å². The van der Waals surface area contributed by atoms with Crippen LogP contribution in [0.2, 0.25) is 5.15 Å². The molecule has 1 N–H and O–H groups in total. The lowest BCUT2D eigenvalue weighted by Crippen LogP contribution is -2.38. The van der Waals surface area contributed by atoms with E-state index in [2.05, 4.69) is 9.97 Å². The molecule has 0 unspecified atom stereocenters. The second-order valence-electron chi connectivity index (χ2n) is 4.20. The molecule has 0 spiro atoms. The highest BCUT2D eigenvalue weighted by Crippen LogP contribution is 2.07. The van der Waals surface area contributed by atoms with Crippen molar-refractivity contribution in [3.05, 3.63) is 23.2 Å². The fourth-order valence-electron chi connectivity index (χ4n) is 1.41. The molecule has 0 saturated heterocycles. The number of hydrogen-bond donors (Lipinski definition) is 1. The molecule has 0 bridgehead atoms. The molecule has 0 atom stereocenters. The third-order valence-electron chi connectivity index (χ3n) is 2.04. The molecule has 0 fully saturated rings. The smallest absolute Gasteiger partial charge is 0.323 e. The number of carboxylic acids is 1. The number of aromatic nitrogens is 2. The first-order valence-electron chi connectivity index (χ1n) is 5.38. The van der Waals surface area contributed by atoms with Gasteiger partial charge in [0.2, 0.25) is 0 Å². The number of aliphatic carboxylic acids is 1. The SMILES string of the molecule is CC(C)CN(CC(=O)O)C(=O)c1cnc(Cl)cn1. The summed E-state index contributed by atoms with van der Waals surface area (Å²) in [7, 11) is 0. The summed E-state index contributed by atoms with van der Waals surface area (Å²) in [5.41, 5.74) is 0.0845. The minimum atomic E-state index is -1.06. The maximum atomic E-state index is 12.0. The number of carboxylic acid groups (broad SMARTS) is 1. The number of halogens is 1. The van der Waals surface area contributed by atoms with Crippen molar-refractivity contribution in [3.8, 4) is 0 Å². The fraction of sp³-hybridized carbons (Fsp3) is 0.455. The molecule has 6 nitrogen and oxygen atoms in total. The van der Waals surface area contributed by atoms with Gasteiger partial charge in [0.15, 0.2) is 0 Å². The molecule has 1 heterocycles. The van der Waals surface area contributed by atoms with Gasteiger partial charge in [-0.1, -0.05) is 25.4 Å². The summed E-state index contributed by atoms with van der Waals surface area (Å²) in [4.78, 5) is 31.6. The van der Waals surface area contributed by atoms with Crippen molar-refractivity contribution >= 4 is 23.5 Å². The normalized spacial score (nSPS) is 10.4. The number of rotatable bonds is 5. The lowest BCUT2D eigenvalue weighted by atomic mass is 10.2. The van der Waals surface area contributed by atoms with Crippen molar-refractivity contribution in [2.75, 3.05) is 13.1 Å². The standard InChI is InChI=1S/C11H14ClN3O3/c1-7(2)5-15(6-10(16)17)11(18)8-3-14-9(12)4-13-8/h3-4,7H,5-6H2,1-2H3,(H,16,17). The Bertz CT molecular complexity index is 434. The Labute approximate surface area is 110 Å². The zero-order valence-electron chi connectivity index (χ0n) is 10.1. The predicted molar refractivity (Wildman–Crippen MR) is 65.4 cm³/mol. The summed E-state index contributed by atoms with van der Waals surface area (Å²) >= 11 is 5.57. The predicted octanol–water partition coefficient (Wildman–Crippen LogP) is 1.31. The van der Waals surface area contributed by atoms with Crippen LogP contribution in [-0.2, 0) is 4.79 Å². The van der Waals surface area contributed by atoms with Crippen LogP contribution in [0.3, 0.4) is 0 Å². The Morgan fingerprint density at radius 1 is 1.39 bits per heavy atom. The summed E-state index contributed by atoms with van der Waals surface area (Å²) < 4.78 is 0. The van der Waals surface area contributed by atoms with E-state index in [9.17, 15) is 9.59 Å². The van der Waals surface area contributed by atoms with Crippen LogP contribution in [0.4, 0.5) is 0 Å². The van der Waals surface area contributed by atoms with E-state index < -0.39 is 11.9 Å². The maximum Gasteiger partial charge on any atom is 0.323 e. The number of nitrogens with zero attached hydrogens (tertiary/aromatic N) is 3. The van der Waals surface area contributed by atoms with Gasteiger partial charge in [0.25, 0.3) is 5.91 Å². The number of carbonyl (C=O) groups is 2. The van der Waals surface area contributed by atoms with Crippen molar-refractivity contribution in [1.82, 2.24) is 14.9 Å². The molecule has 0 aliphatic heterocycles. The third kappa shape index (κ3) is 4.29. The molecule has 0 radical (unpaired) electrons. The summed E-state index contributed by atoms with van der Waals surface area (Å²) in [5, 5.41) is 8.97. The van der Waals surface area contributed by atoms with Crippen LogP contribution in [0.15, 0.2) is 12.4 Å². The second kappa shape index (κ2) is 6.30. The van der Waals surface area contributed by atoms with Gasteiger partial charge in [0.1, 0.15) is 17.4 Å². The van der Waals surface area contributed by atoms with Gasteiger partial charge in [0.05, 0.1) is 12.4 Å². The zero-order valence-corrected chi connectivity index (χ0v) is 10.9. The van der Waals surface area contributed by atoms with Gasteiger partial charge >= 0.3 is 5.97 Å². The Morgan fingerprint density at radius 2 is 2.06 bits per heavy atom. The van der Waals surface area contributed by atoms with E-state index in [1.165, 1.54) is 17.3 Å². The van der Waals surface area contributed by atoms with Gasteiger partial charge in [-0.25, -0.2) is 9.97 Å². The van der Waals surface area contributed by atoms with E-state index >= 15 is 0 Å². The van der Waals surface area contributed by atoms with Crippen LogP contribution in [-0.4, -0.2) is 44.9 Å². The first-order valence-corrected chi connectivity index (χ1v) is 5.76. The summed E-state index contributed by atoms with van der Waals surface area (Å²) in [6, 6.07) is 0. The van der Waals surface area contributed by atoms with Gasteiger partial charge in [0, 0.05) is 6.54 Å². The third-order valence-corrected chi connectivity index (χ3v) is 2.23. The molecule has 1 amide bonds. The molecule has 1 aromatic heterocycles. The van der Waals surface area contributed by atoms with Gasteiger partial charge < -0.3 is 10.0 Å². The quantitative estimate of drug-likeness (QED) is 0.873. The molecule has 98 valence electrons. The minimum absolute atomic E-state index is 0.0845. The molecule has 0 aliphatic carbocycles. The molecule has 7 heteroatoms. The van der Waals surface area contributed by atoms with Crippen LogP contribution in [0, 0.1) is 5.92 Å². The lowest BCUT2D eigenvalue weighted by molar-refractivity contribution is -0.137. The monoisotopic (exact) mass is 271 g/mol. The number of amides is 1. The van der Waals surface area contributed by atoms with Gasteiger partial charge in [-0.2, -0.15) is 0 Å². The highest BCUT2D eigenvalue weighted by Gasteiger charge is 2.20. The average molecular weight is 272 g/mol. The Kier molecular flexibility index (Phi) is 5.03. The van der Waals surface area contributed by atoms with E-state index in [1.807, 2.05) is 13.8 Å². The first-order chi connectivity index (χ1) is 8.40. The largest absolute Gasteiger partial charge is 0.480 e. The Hall–Kier alpha value is -1.69. The summed E-state index contributed by atoms with van der Waals surface area (Å²) in [6.45, 7) is 3.78. The first kappa shape index (κ1) is 14.4. The summed E-state index contributed by atoms with van der Waals surface area (Å²) in [6.07, 6.45) is 2.49. The average Bonchev–Trinajstić information content (AvgIpc) is 2.27. The van der Waals surface area contributed by atoms with E-state index in [0.717, 1.165) is 0 Å². The van der Waals surface area contributed by atoms with Crippen molar-refractivity contribution in [3.63, 3.8) is 0 Å². The topological polar surface area (TPSA) is 83.4 Å². The minimum Gasteiger partial charge on any atom is -0.480 e. The number of carbonyl (C=O) groups excluding carboxylic acids is 1. The van der Waals surface area contributed by atoms with Gasteiger partial charge in [-0.05, 0) is 5.92 Å².